The Bertz CT molecular complexity index is 1020. The normalized spacial score (nSPS) is 13.4. The van der Waals surface area contributed by atoms with Gasteiger partial charge in [-0.1, -0.05) is 48.5 Å². The quantitative estimate of drug-likeness (QED) is 0.647. The van der Waals surface area contributed by atoms with Crippen molar-refractivity contribution >= 4 is 23.4 Å². The Morgan fingerprint density at radius 2 is 1.72 bits per heavy atom. The third kappa shape index (κ3) is 3.97. The highest BCUT2D eigenvalue weighted by atomic mass is 32.1. The summed E-state index contributed by atoms with van der Waals surface area (Å²) in [5.41, 5.74) is 4.46. The number of rotatable bonds is 6. The highest BCUT2D eigenvalue weighted by Crippen LogP contribution is 2.44. The van der Waals surface area contributed by atoms with Crippen LogP contribution in [0.25, 0.3) is 11.1 Å². The number of carboxylic acids is 1. The Hall–Kier alpha value is -3.26. The number of hydrogen-bond donors (Lipinski definition) is 2. The molecule has 1 aliphatic rings. The zero-order valence-corrected chi connectivity index (χ0v) is 16.5. The lowest BCUT2D eigenvalue weighted by Crippen LogP contribution is -2.42. The number of nitrogens with one attached hydrogen (secondary N) is 1. The molecule has 0 saturated heterocycles. The summed E-state index contributed by atoms with van der Waals surface area (Å²) in [7, 11) is 0. The highest BCUT2D eigenvalue weighted by molar-refractivity contribution is 7.11. The largest absolute Gasteiger partial charge is 0.480 e. The van der Waals surface area contributed by atoms with Gasteiger partial charge in [0.15, 0.2) is 0 Å². The fraction of sp³-hybridized carbons (Fsp3) is 0.238. The molecule has 1 amide bonds. The number of alkyl carbamates (subject to hydrolysis) is 1. The minimum absolute atomic E-state index is 0.0606. The number of fused-ring (bicyclic) bond motifs is 3. The Morgan fingerprint density at radius 3 is 2.28 bits per heavy atom. The fourth-order valence-electron chi connectivity index (χ4n) is 3.58. The molecular formula is C21H19N3O4S. The van der Waals surface area contributed by atoms with Gasteiger partial charge in [0.25, 0.3) is 0 Å². The van der Waals surface area contributed by atoms with Crippen LogP contribution in [-0.2, 0) is 16.0 Å². The molecule has 1 unspecified atom stereocenters. The molecule has 0 spiro atoms. The molecule has 0 radical (unpaired) electrons. The van der Waals surface area contributed by atoms with Gasteiger partial charge in [0.05, 0.1) is 0 Å². The predicted molar refractivity (Wildman–Crippen MR) is 108 cm³/mol. The van der Waals surface area contributed by atoms with Crippen molar-refractivity contribution in [2.24, 2.45) is 0 Å². The van der Waals surface area contributed by atoms with Gasteiger partial charge in [0.1, 0.15) is 22.7 Å². The second-order valence-corrected chi connectivity index (χ2v) is 8.05. The van der Waals surface area contributed by atoms with Crippen LogP contribution in [-0.4, -0.2) is 40.0 Å². The van der Waals surface area contributed by atoms with Crippen molar-refractivity contribution in [2.75, 3.05) is 6.61 Å². The Balaban J connectivity index is 1.43. The van der Waals surface area contributed by atoms with E-state index in [-0.39, 0.29) is 18.9 Å². The van der Waals surface area contributed by atoms with Gasteiger partial charge in [0, 0.05) is 12.3 Å². The van der Waals surface area contributed by atoms with Crippen molar-refractivity contribution in [3.63, 3.8) is 0 Å². The molecule has 0 fully saturated rings. The van der Waals surface area contributed by atoms with Gasteiger partial charge in [-0.05, 0) is 29.2 Å². The number of amides is 1. The standard InChI is InChI=1S/C21H19N3O4S/c1-12-23-24-19(29-12)10-18(20(25)26)22-21(27)28-11-17-15-8-4-2-6-13(15)14-7-3-5-9-16(14)17/h2-9,17-18H,10-11H2,1H3,(H,22,27)(H,25,26). The van der Waals surface area contributed by atoms with Gasteiger partial charge in [-0.3, -0.25) is 0 Å². The number of carbonyl (C=O) groups is 2. The molecule has 8 heteroatoms. The zero-order valence-electron chi connectivity index (χ0n) is 15.7. The highest BCUT2D eigenvalue weighted by Gasteiger charge is 2.30. The number of aromatic nitrogens is 2. The van der Waals surface area contributed by atoms with E-state index in [9.17, 15) is 14.7 Å². The van der Waals surface area contributed by atoms with Crippen LogP contribution >= 0.6 is 11.3 Å². The average molecular weight is 409 g/mol. The molecule has 2 N–H and O–H groups in total. The smallest absolute Gasteiger partial charge is 0.407 e. The van der Waals surface area contributed by atoms with E-state index in [0.29, 0.717) is 5.01 Å². The van der Waals surface area contributed by atoms with E-state index in [2.05, 4.69) is 27.6 Å². The predicted octanol–water partition coefficient (Wildman–Crippen LogP) is 3.38. The van der Waals surface area contributed by atoms with Gasteiger partial charge in [-0.25, -0.2) is 9.59 Å². The van der Waals surface area contributed by atoms with Crippen LogP contribution in [0.2, 0.25) is 0 Å². The molecule has 1 aliphatic carbocycles. The molecule has 29 heavy (non-hydrogen) atoms. The summed E-state index contributed by atoms with van der Waals surface area (Å²) < 4.78 is 5.42. The number of ether oxygens (including phenoxy) is 1. The second-order valence-electron chi connectivity index (χ2n) is 6.78. The van der Waals surface area contributed by atoms with Crippen LogP contribution in [0.5, 0.6) is 0 Å². The van der Waals surface area contributed by atoms with E-state index in [1.807, 2.05) is 36.4 Å². The molecule has 0 bridgehead atoms. The first-order valence-electron chi connectivity index (χ1n) is 9.16. The Morgan fingerprint density at radius 1 is 1.10 bits per heavy atom. The lowest BCUT2D eigenvalue weighted by molar-refractivity contribution is -0.139. The topological polar surface area (TPSA) is 101 Å². The van der Waals surface area contributed by atoms with Crippen molar-refractivity contribution in [2.45, 2.75) is 25.3 Å². The van der Waals surface area contributed by atoms with E-state index in [1.165, 1.54) is 11.3 Å². The van der Waals surface area contributed by atoms with Gasteiger partial charge in [-0.2, -0.15) is 0 Å². The van der Waals surface area contributed by atoms with Crippen molar-refractivity contribution in [3.8, 4) is 11.1 Å². The molecule has 148 valence electrons. The molecule has 2 aromatic carbocycles. The third-order valence-electron chi connectivity index (χ3n) is 4.88. The van der Waals surface area contributed by atoms with Crippen LogP contribution in [0.1, 0.15) is 27.1 Å². The lowest BCUT2D eigenvalue weighted by Gasteiger charge is -2.17. The first-order chi connectivity index (χ1) is 14.0. The monoisotopic (exact) mass is 409 g/mol. The number of aliphatic carboxylic acids is 1. The van der Waals surface area contributed by atoms with Crippen molar-refractivity contribution < 1.29 is 19.4 Å². The number of aryl methyl sites for hydroxylation is 1. The maximum absolute atomic E-state index is 12.3. The summed E-state index contributed by atoms with van der Waals surface area (Å²) in [5.74, 6) is -1.23. The molecule has 4 rings (SSSR count). The lowest BCUT2D eigenvalue weighted by atomic mass is 9.98. The second kappa shape index (κ2) is 8.00. The zero-order chi connectivity index (χ0) is 20.4. The van der Waals surface area contributed by atoms with Crippen LogP contribution in [0.4, 0.5) is 4.79 Å². The van der Waals surface area contributed by atoms with Gasteiger partial charge < -0.3 is 15.2 Å². The van der Waals surface area contributed by atoms with Crippen LogP contribution in [0, 0.1) is 6.92 Å². The van der Waals surface area contributed by atoms with E-state index < -0.39 is 18.1 Å². The minimum atomic E-state index is -1.15. The Labute approximate surface area is 171 Å². The number of hydrogen-bond acceptors (Lipinski definition) is 6. The van der Waals surface area contributed by atoms with Crippen molar-refractivity contribution in [1.82, 2.24) is 15.5 Å². The van der Waals surface area contributed by atoms with E-state index in [4.69, 9.17) is 4.74 Å². The summed E-state index contributed by atoms with van der Waals surface area (Å²) in [6.07, 6.45) is -0.703. The molecule has 1 heterocycles. The summed E-state index contributed by atoms with van der Waals surface area (Å²) in [6, 6.07) is 14.9. The van der Waals surface area contributed by atoms with Gasteiger partial charge in [0.2, 0.25) is 0 Å². The van der Waals surface area contributed by atoms with Crippen LogP contribution in [0.15, 0.2) is 48.5 Å². The van der Waals surface area contributed by atoms with E-state index in [1.54, 1.807) is 6.92 Å². The Kier molecular flexibility index (Phi) is 5.26. The first-order valence-corrected chi connectivity index (χ1v) is 9.98. The van der Waals surface area contributed by atoms with Crippen molar-refractivity contribution in [3.05, 3.63) is 69.7 Å². The minimum Gasteiger partial charge on any atom is -0.480 e. The molecular weight excluding hydrogens is 390 g/mol. The maximum atomic E-state index is 12.3. The van der Waals surface area contributed by atoms with E-state index >= 15 is 0 Å². The number of benzene rings is 2. The van der Waals surface area contributed by atoms with Gasteiger partial charge in [-0.15, -0.1) is 21.5 Å². The summed E-state index contributed by atoms with van der Waals surface area (Å²) in [6.45, 7) is 1.92. The summed E-state index contributed by atoms with van der Waals surface area (Å²) in [4.78, 5) is 23.8. The third-order valence-corrected chi connectivity index (χ3v) is 5.74. The average Bonchev–Trinajstić information content (AvgIpc) is 3.27. The van der Waals surface area contributed by atoms with E-state index in [0.717, 1.165) is 27.3 Å². The molecule has 7 nitrogen and oxygen atoms in total. The maximum Gasteiger partial charge on any atom is 0.407 e. The molecule has 0 aliphatic heterocycles. The van der Waals surface area contributed by atoms with Crippen LogP contribution < -0.4 is 5.32 Å². The molecule has 3 aromatic rings. The SMILES string of the molecule is Cc1nnc(CC(NC(=O)OCC2c3ccccc3-c3ccccc32)C(=O)O)s1. The molecule has 1 aromatic heterocycles. The summed E-state index contributed by atoms with van der Waals surface area (Å²) in [5, 5.41) is 20.9. The van der Waals surface area contributed by atoms with Gasteiger partial charge >= 0.3 is 12.1 Å². The molecule has 0 saturated carbocycles. The number of carbonyl (C=O) groups excluding carboxylic acids is 1. The first kappa shape index (κ1) is 19.1. The number of carboxylic acid groups (broad SMARTS) is 1. The van der Waals surface area contributed by atoms with Crippen LogP contribution in [0.3, 0.4) is 0 Å². The van der Waals surface area contributed by atoms with Crippen molar-refractivity contribution in [1.29, 1.82) is 0 Å². The molecule has 1 atom stereocenters. The number of nitrogens with zero attached hydrogens (tertiary/aromatic N) is 2. The fourth-order valence-corrected chi connectivity index (χ4v) is 4.33. The summed E-state index contributed by atoms with van der Waals surface area (Å²) >= 11 is 1.30.